The Morgan fingerprint density at radius 2 is 2.17 bits per heavy atom. The van der Waals surface area contributed by atoms with Crippen molar-refractivity contribution in [3.63, 3.8) is 0 Å². The fraction of sp³-hybridized carbons (Fsp3) is 0.333. The third-order valence-electron chi connectivity index (χ3n) is 3.87. The Bertz CT molecular complexity index is 708. The van der Waals surface area contributed by atoms with E-state index in [0.717, 1.165) is 16.3 Å². The van der Waals surface area contributed by atoms with Crippen molar-refractivity contribution in [2.24, 2.45) is 0 Å². The number of halogens is 1. The number of amides is 1. The van der Waals surface area contributed by atoms with E-state index in [-0.39, 0.29) is 12.0 Å². The van der Waals surface area contributed by atoms with Crippen LogP contribution in [-0.2, 0) is 4.74 Å². The van der Waals surface area contributed by atoms with E-state index in [0.29, 0.717) is 30.3 Å². The van der Waals surface area contributed by atoms with Crippen molar-refractivity contribution in [3.05, 3.63) is 58.7 Å². The molecule has 4 nitrogen and oxygen atoms in total. The number of ether oxygens (including phenoxy) is 1. The summed E-state index contributed by atoms with van der Waals surface area (Å²) in [6.07, 6.45) is 1.58. The van der Waals surface area contributed by atoms with Crippen LogP contribution in [-0.4, -0.2) is 41.2 Å². The molecule has 2 aromatic rings. The molecule has 0 saturated carbocycles. The Hall–Kier alpha value is -1.56. The van der Waals surface area contributed by atoms with Gasteiger partial charge in [-0.25, -0.2) is 4.98 Å². The molecular formula is C18H19ClN2O2S. The third kappa shape index (κ3) is 4.09. The molecule has 1 aromatic heterocycles. The molecule has 1 unspecified atom stereocenters. The highest BCUT2D eigenvalue weighted by Gasteiger charge is 2.26. The van der Waals surface area contributed by atoms with Gasteiger partial charge in [0.05, 0.1) is 18.2 Å². The minimum atomic E-state index is -0.119. The highest BCUT2D eigenvalue weighted by atomic mass is 35.5. The number of pyridine rings is 1. The van der Waals surface area contributed by atoms with Gasteiger partial charge in [-0.05, 0) is 35.6 Å². The van der Waals surface area contributed by atoms with Crippen LogP contribution in [0.2, 0.25) is 5.02 Å². The highest BCUT2D eigenvalue weighted by molar-refractivity contribution is 7.99. The Morgan fingerprint density at radius 3 is 2.92 bits per heavy atom. The fourth-order valence-corrected chi connectivity index (χ4v) is 3.43. The lowest BCUT2D eigenvalue weighted by atomic mass is 10.1. The predicted molar refractivity (Wildman–Crippen MR) is 96.7 cm³/mol. The monoisotopic (exact) mass is 362 g/mol. The summed E-state index contributed by atoms with van der Waals surface area (Å²) in [5, 5.41) is 1.58. The highest BCUT2D eigenvalue weighted by Crippen LogP contribution is 2.25. The zero-order valence-electron chi connectivity index (χ0n) is 13.4. The molecule has 0 radical (unpaired) electrons. The molecule has 0 aliphatic carbocycles. The van der Waals surface area contributed by atoms with Gasteiger partial charge in [0.1, 0.15) is 6.10 Å². The van der Waals surface area contributed by atoms with Crippen molar-refractivity contribution >= 4 is 29.3 Å². The molecule has 1 aromatic carbocycles. The van der Waals surface area contributed by atoms with Crippen LogP contribution in [0.25, 0.3) is 0 Å². The van der Waals surface area contributed by atoms with Gasteiger partial charge in [-0.15, -0.1) is 11.8 Å². The number of aromatic nitrogens is 1. The second-order valence-electron chi connectivity index (χ2n) is 5.48. The third-order valence-corrected chi connectivity index (χ3v) is 4.93. The van der Waals surface area contributed by atoms with Gasteiger partial charge in [-0.1, -0.05) is 30.7 Å². The largest absolute Gasteiger partial charge is 0.370 e. The van der Waals surface area contributed by atoms with Crippen molar-refractivity contribution in [3.8, 4) is 0 Å². The van der Waals surface area contributed by atoms with Crippen LogP contribution in [0, 0.1) is 0 Å². The maximum atomic E-state index is 12.8. The maximum Gasteiger partial charge on any atom is 0.254 e. The first-order chi connectivity index (χ1) is 11.7. The Balaban J connectivity index is 1.73. The molecular weight excluding hydrogens is 344 g/mol. The van der Waals surface area contributed by atoms with E-state index in [2.05, 4.69) is 11.9 Å². The number of rotatable bonds is 4. The zero-order valence-corrected chi connectivity index (χ0v) is 15.0. The lowest BCUT2D eigenvalue weighted by Gasteiger charge is -2.33. The molecule has 0 spiro atoms. The van der Waals surface area contributed by atoms with Gasteiger partial charge in [-0.3, -0.25) is 4.79 Å². The zero-order chi connectivity index (χ0) is 16.9. The quantitative estimate of drug-likeness (QED) is 0.769. The minimum Gasteiger partial charge on any atom is -0.370 e. The average Bonchev–Trinajstić information content (AvgIpc) is 2.62. The standard InChI is InChI=1S/C18H19ClN2O2S/c1-2-24-17-11-14(7-8-20-17)18(22)21-9-10-23-16(12-21)13-3-5-15(19)6-4-13/h3-8,11,16H,2,9-10,12H2,1H3. The van der Waals surface area contributed by atoms with Crippen LogP contribution in [0.1, 0.15) is 28.9 Å². The lowest BCUT2D eigenvalue weighted by molar-refractivity contribution is -0.0228. The topological polar surface area (TPSA) is 42.4 Å². The summed E-state index contributed by atoms with van der Waals surface area (Å²) in [7, 11) is 0. The van der Waals surface area contributed by atoms with E-state index in [1.165, 1.54) is 0 Å². The molecule has 1 aliphatic heterocycles. The van der Waals surface area contributed by atoms with E-state index in [1.807, 2.05) is 35.2 Å². The Morgan fingerprint density at radius 1 is 1.38 bits per heavy atom. The van der Waals surface area contributed by atoms with Gasteiger partial charge in [0.2, 0.25) is 0 Å². The van der Waals surface area contributed by atoms with Gasteiger partial charge in [0, 0.05) is 23.3 Å². The summed E-state index contributed by atoms with van der Waals surface area (Å²) in [4.78, 5) is 18.9. The smallest absolute Gasteiger partial charge is 0.254 e. The summed E-state index contributed by atoms with van der Waals surface area (Å²) in [6, 6.07) is 11.2. The molecule has 126 valence electrons. The number of benzene rings is 1. The number of carbonyl (C=O) groups excluding carboxylic acids is 1. The number of carbonyl (C=O) groups is 1. The first-order valence-electron chi connectivity index (χ1n) is 7.92. The second kappa shape index (κ2) is 8.01. The summed E-state index contributed by atoms with van der Waals surface area (Å²) in [5.41, 5.74) is 1.71. The van der Waals surface area contributed by atoms with Crippen LogP contribution in [0.4, 0.5) is 0 Å². The molecule has 1 atom stereocenters. The molecule has 24 heavy (non-hydrogen) atoms. The SMILES string of the molecule is CCSc1cc(C(=O)N2CCOC(c3ccc(Cl)cc3)C2)ccn1. The number of thioether (sulfide) groups is 1. The lowest BCUT2D eigenvalue weighted by Crippen LogP contribution is -2.42. The number of morpholine rings is 1. The normalized spacial score (nSPS) is 17.8. The molecule has 1 aliphatic rings. The van der Waals surface area contributed by atoms with Crippen LogP contribution in [0.15, 0.2) is 47.6 Å². The van der Waals surface area contributed by atoms with E-state index in [1.54, 1.807) is 24.0 Å². The van der Waals surface area contributed by atoms with E-state index >= 15 is 0 Å². The number of hydrogen-bond acceptors (Lipinski definition) is 4. The van der Waals surface area contributed by atoms with Crippen LogP contribution < -0.4 is 0 Å². The van der Waals surface area contributed by atoms with Crippen molar-refractivity contribution < 1.29 is 9.53 Å². The van der Waals surface area contributed by atoms with Gasteiger partial charge in [0.25, 0.3) is 5.91 Å². The average molecular weight is 363 g/mol. The van der Waals surface area contributed by atoms with E-state index in [9.17, 15) is 4.79 Å². The van der Waals surface area contributed by atoms with Crippen molar-refractivity contribution in [1.82, 2.24) is 9.88 Å². The summed E-state index contributed by atoms with van der Waals surface area (Å²) in [5.74, 6) is 0.957. The van der Waals surface area contributed by atoms with E-state index in [4.69, 9.17) is 16.3 Å². The van der Waals surface area contributed by atoms with Gasteiger partial charge in [0.15, 0.2) is 0 Å². The van der Waals surface area contributed by atoms with Crippen molar-refractivity contribution in [1.29, 1.82) is 0 Å². The molecule has 1 fully saturated rings. The Labute approximate surface area is 151 Å². The predicted octanol–water partition coefficient (Wildman–Crippen LogP) is 4.06. The van der Waals surface area contributed by atoms with Gasteiger partial charge < -0.3 is 9.64 Å². The number of nitrogens with zero attached hydrogens (tertiary/aromatic N) is 2. The first-order valence-corrected chi connectivity index (χ1v) is 9.29. The Kier molecular flexibility index (Phi) is 5.76. The van der Waals surface area contributed by atoms with Crippen LogP contribution in [0.3, 0.4) is 0 Å². The van der Waals surface area contributed by atoms with Gasteiger partial charge >= 0.3 is 0 Å². The molecule has 2 heterocycles. The first kappa shape index (κ1) is 17.3. The molecule has 0 bridgehead atoms. The fourth-order valence-electron chi connectivity index (χ4n) is 2.66. The summed E-state index contributed by atoms with van der Waals surface area (Å²) < 4.78 is 5.83. The van der Waals surface area contributed by atoms with E-state index < -0.39 is 0 Å². The van der Waals surface area contributed by atoms with Crippen molar-refractivity contribution in [2.45, 2.75) is 18.1 Å². The molecule has 0 N–H and O–H groups in total. The molecule has 3 rings (SSSR count). The summed E-state index contributed by atoms with van der Waals surface area (Å²) in [6.45, 7) is 3.74. The summed E-state index contributed by atoms with van der Waals surface area (Å²) >= 11 is 7.57. The van der Waals surface area contributed by atoms with Crippen LogP contribution in [0.5, 0.6) is 0 Å². The second-order valence-corrected chi connectivity index (χ2v) is 7.20. The minimum absolute atomic E-state index is 0.0256. The number of hydrogen-bond donors (Lipinski definition) is 0. The van der Waals surface area contributed by atoms with Gasteiger partial charge in [-0.2, -0.15) is 0 Å². The molecule has 6 heteroatoms. The van der Waals surface area contributed by atoms with Crippen molar-refractivity contribution in [2.75, 3.05) is 25.4 Å². The molecule has 1 amide bonds. The van der Waals surface area contributed by atoms with Crippen LogP contribution >= 0.6 is 23.4 Å². The maximum absolute atomic E-state index is 12.8. The molecule has 1 saturated heterocycles.